The van der Waals surface area contributed by atoms with Gasteiger partial charge in [-0.25, -0.2) is 0 Å². The smallest absolute Gasteiger partial charge is 0.0626 e. The molecule has 0 aromatic carbocycles. The second-order valence-electron chi connectivity index (χ2n) is 3.54. The summed E-state index contributed by atoms with van der Waals surface area (Å²) in [5.41, 5.74) is -0.586. The molecule has 0 saturated carbocycles. The van der Waals surface area contributed by atoms with Gasteiger partial charge in [0, 0.05) is 0 Å². The normalized spacial score (nSPS) is 15.3. The van der Waals surface area contributed by atoms with Crippen molar-refractivity contribution in [3.05, 3.63) is 24.8 Å². The van der Waals surface area contributed by atoms with E-state index in [2.05, 4.69) is 13.5 Å². The van der Waals surface area contributed by atoms with Gasteiger partial charge in [-0.2, -0.15) is 0 Å². The number of allylic oxidation sites excluding steroid dienone is 2. The number of hydrogen-bond acceptors (Lipinski definition) is 1. The van der Waals surface area contributed by atoms with Crippen molar-refractivity contribution in [1.29, 1.82) is 0 Å². The van der Waals surface area contributed by atoms with Gasteiger partial charge in [-0.15, -0.1) is 6.58 Å². The Kier molecular flexibility index (Phi) is 4.12. The molecule has 0 saturated heterocycles. The molecule has 0 unspecified atom stereocenters. The predicted molar refractivity (Wildman–Crippen MR) is 49.4 cm³/mol. The minimum Gasteiger partial charge on any atom is -0.390 e. The van der Waals surface area contributed by atoms with Crippen LogP contribution >= 0.6 is 0 Å². The third-order valence-corrected chi connectivity index (χ3v) is 1.43. The summed E-state index contributed by atoms with van der Waals surface area (Å²) in [5.74, 6) is 0.400. The maximum Gasteiger partial charge on any atom is 0.0626 e. The second-order valence-corrected chi connectivity index (χ2v) is 3.54. The van der Waals surface area contributed by atoms with Crippen molar-refractivity contribution < 1.29 is 5.11 Å². The molecule has 0 spiro atoms. The molecule has 1 heteroatoms. The van der Waals surface area contributed by atoms with Crippen LogP contribution in [0.3, 0.4) is 0 Å². The van der Waals surface area contributed by atoms with Crippen LogP contribution in [-0.4, -0.2) is 10.7 Å². The molecular weight excluding hydrogens is 136 g/mol. The van der Waals surface area contributed by atoms with Crippen LogP contribution in [0.2, 0.25) is 0 Å². The summed E-state index contributed by atoms with van der Waals surface area (Å²) in [7, 11) is 0. The third kappa shape index (κ3) is 7.34. The molecule has 1 N–H and O–H groups in total. The van der Waals surface area contributed by atoms with E-state index in [0.29, 0.717) is 12.3 Å². The molecule has 1 nitrogen and oxygen atoms in total. The van der Waals surface area contributed by atoms with E-state index >= 15 is 0 Å². The molecule has 0 aliphatic heterocycles. The summed E-state index contributed by atoms with van der Waals surface area (Å²) in [4.78, 5) is 0. The van der Waals surface area contributed by atoms with Gasteiger partial charge in [0.1, 0.15) is 0 Å². The fraction of sp³-hybridized carbons (Fsp3) is 0.600. The fourth-order valence-electron chi connectivity index (χ4n) is 0.650. The van der Waals surface area contributed by atoms with Gasteiger partial charge in [-0.3, -0.25) is 0 Å². The van der Waals surface area contributed by atoms with E-state index < -0.39 is 5.60 Å². The predicted octanol–water partition coefficient (Wildman–Crippen LogP) is 2.53. The van der Waals surface area contributed by atoms with Crippen LogP contribution in [0.1, 0.15) is 27.2 Å². The van der Waals surface area contributed by atoms with Crippen LogP contribution in [0.25, 0.3) is 0 Å². The minimum atomic E-state index is -0.586. The van der Waals surface area contributed by atoms with Gasteiger partial charge in [0.05, 0.1) is 5.60 Å². The summed E-state index contributed by atoms with van der Waals surface area (Å²) in [5, 5.41) is 9.33. The first-order chi connectivity index (χ1) is 4.95. The van der Waals surface area contributed by atoms with E-state index in [1.807, 2.05) is 18.2 Å². The molecule has 1 atom stereocenters. The van der Waals surface area contributed by atoms with Gasteiger partial charge >= 0.3 is 0 Å². The zero-order chi connectivity index (χ0) is 8.91. The van der Waals surface area contributed by atoms with Crippen molar-refractivity contribution in [2.45, 2.75) is 32.8 Å². The number of rotatable bonds is 4. The summed E-state index contributed by atoms with van der Waals surface area (Å²) in [6.07, 6.45) is 6.61. The van der Waals surface area contributed by atoms with Crippen molar-refractivity contribution in [1.82, 2.24) is 0 Å². The SMILES string of the molecule is C=C[C@H](C)/C=C\CC(C)(C)O. The molecule has 0 radical (unpaired) electrons. The van der Waals surface area contributed by atoms with Gasteiger partial charge in [0.25, 0.3) is 0 Å². The monoisotopic (exact) mass is 154 g/mol. The lowest BCUT2D eigenvalue weighted by Gasteiger charge is -2.13. The highest BCUT2D eigenvalue weighted by molar-refractivity contribution is 4.96. The molecule has 11 heavy (non-hydrogen) atoms. The number of aliphatic hydroxyl groups is 1. The highest BCUT2D eigenvalue weighted by atomic mass is 16.3. The van der Waals surface area contributed by atoms with E-state index in [1.54, 1.807) is 13.8 Å². The zero-order valence-corrected chi connectivity index (χ0v) is 7.67. The Morgan fingerprint density at radius 2 is 2.09 bits per heavy atom. The van der Waals surface area contributed by atoms with Crippen molar-refractivity contribution in [2.24, 2.45) is 5.92 Å². The van der Waals surface area contributed by atoms with Gasteiger partial charge < -0.3 is 5.11 Å². The summed E-state index contributed by atoms with van der Waals surface area (Å²) < 4.78 is 0. The average molecular weight is 154 g/mol. The highest BCUT2D eigenvalue weighted by Gasteiger charge is 2.08. The molecule has 0 heterocycles. The molecule has 0 rings (SSSR count). The minimum absolute atomic E-state index is 0.400. The summed E-state index contributed by atoms with van der Waals surface area (Å²) in [6, 6.07) is 0. The van der Waals surface area contributed by atoms with Crippen LogP contribution in [0.5, 0.6) is 0 Å². The average Bonchev–Trinajstić information content (AvgIpc) is 1.85. The highest BCUT2D eigenvalue weighted by Crippen LogP contribution is 2.09. The van der Waals surface area contributed by atoms with Gasteiger partial charge in [-0.1, -0.05) is 25.2 Å². The number of hydrogen-bond donors (Lipinski definition) is 1. The van der Waals surface area contributed by atoms with Gasteiger partial charge in [-0.05, 0) is 26.2 Å². The molecule has 0 aromatic rings. The van der Waals surface area contributed by atoms with Crippen molar-refractivity contribution >= 4 is 0 Å². The van der Waals surface area contributed by atoms with E-state index in [4.69, 9.17) is 0 Å². The maximum absolute atomic E-state index is 9.33. The lowest BCUT2D eigenvalue weighted by molar-refractivity contribution is 0.0838. The summed E-state index contributed by atoms with van der Waals surface area (Å²) in [6.45, 7) is 9.33. The Hall–Kier alpha value is -0.560. The van der Waals surface area contributed by atoms with Crippen molar-refractivity contribution in [3.8, 4) is 0 Å². The van der Waals surface area contributed by atoms with E-state index in [1.165, 1.54) is 0 Å². The fourth-order valence-corrected chi connectivity index (χ4v) is 0.650. The first-order valence-corrected chi connectivity index (χ1v) is 3.97. The van der Waals surface area contributed by atoms with Crippen LogP contribution in [0, 0.1) is 5.92 Å². The standard InChI is InChI=1S/C10H18O/c1-5-9(2)7-6-8-10(3,4)11/h5-7,9,11H,1,8H2,2-4H3/b7-6-/t9-/m0/s1. The molecule has 0 bridgehead atoms. The first kappa shape index (κ1) is 10.4. The van der Waals surface area contributed by atoms with Crippen molar-refractivity contribution in [3.63, 3.8) is 0 Å². The van der Waals surface area contributed by atoms with Crippen molar-refractivity contribution in [2.75, 3.05) is 0 Å². The molecule has 0 aliphatic rings. The molecular formula is C10H18O. The quantitative estimate of drug-likeness (QED) is 0.617. The van der Waals surface area contributed by atoms with Crippen LogP contribution < -0.4 is 0 Å². The lowest BCUT2D eigenvalue weighted by atomic mass is 10.0. The Labute approximate surface area is 69.4 Å². The van der Waals surface area contributed by atoms with Gasteiger partial charge in [0.15, 0.2) is 0 Å². The second kappa shape index (κ2) is 4.35. The Morgan fingerprint density at radius 3 is 2.45 bits per heavy atom. The largest absolute Gasteiger partial charge is 0.390 e. The molecule has 0 aliphatic carbocycles. The van der Waals surface area contributed by atoms with Gasteiger partial charge in [0.2, 0.25) is 0 Å². The molecule has 64 valence electrons. The molecule has 0 fully saturated rings. The third-order valence-electron chi connectivity index (χ3n) is 1.43. The Bertz CT molecular complexity index is 139. The zero-order valence-electron chi connectivity index (χ0n) is 7.67. The summed E-state index contributed by atoms with van der Waals surface area (Å²) >= 11 is 0. The van der Waals surface area contributed by atoms with Crippen LogP contribution in [0.4, 0.5) is 0 Å². The van der Waals surface area contributed by atoms with E-state index in [9.17, 15) is 5.11 Å². The van der Waals surface area contributed by atoms with E-state index in [0.717, 1.165) is 0 Å². The van der Waals surface area contributed by atoms with E-state index in [-0.39, 0.29) is 0 Å². The Morgan fingerprint density at radius 1 is 1.55 bits per heavy atom. The maximum atomic E-state index is 9.33. The molecule has 0 aromatic heterocycles. The first-order valence-electron chi connectivity index (χ1n) is 3.97. The van der Waals surface area contributed by atoms with Crippen LogP contribution in [0.15, 0.2) is 24.8 Å². The van der Waals surface area contributed by atoms with Crippen LogP contribution in [-0.2, 0) is 0 Å². The Balaban J connectivity index is 3.69. The topological polar surface area (TPSA) is 20.2 Å². The lowest BCUT2D eigenvalue weighted by Crippen LogP contribution is -2.16. The molecule has 0 amide bonds.